The van der Waals surface area contributed by atoms with E-state index in [-0.39, 0.29) is 5.82 Å². The lowest BCUT2D eigenvalue weighted by molar-refractivity contribution is -0.130. The fourth-order valence-corrected chi connectivity index (χ4v) is 2.63. The summed E-state index contributed by atoms with van der Waals surface area (Å²) in [6.07, 6.45) is 3.41. The number of benzene rings is 1. The largest absolute Gasteiger partial charge is 0.468 e. The molecule has 2 aliphatic rings. The highest BCUT2D eigenvalue weighted by Crippen LogP contribution is 2.41. The number of carbonyl (C=O) groups excluding carboxylic acids is 1. The number of ether oxygens (including phenoxy) is 1. The minimum absolute atomic E-state index is 0.227. The van der Waals surface area contributed by atoms with Crippen LogP contribution in [0.3, 0.4) is 0 Å². The molecule has 4 nitrogen and oxygen atoms in total. The Morgan fingerprint density at radius 2 is 2.29 bits per heavy atom. The molecule has 0 amide bonds. The van der Waals surface area contributed by atoms with Gasteiger partial charge in [-0.2, -0.15) is 0 Å². The Balaban J connectivity index is 1.72. The van der Waals surface area contributed by atoms with Crippen LogP contribution >= 0.6 is 0 Å². The monoisotopic (exact) mass is 291 g/mol. The Morgan fingerprint density at radius 1 is 1.48 bits per heavy atom. The summed E-state index contributed by atoms with van der Waals surface area (Å²) in [6.45, 7) is 2.63. The van der Waals surface area contributed by atoms with Crippen molar-refractivity contribution in [3.63, 3.8) is 0 Å². The highest BCUT2D eigenvalue weighted by atomic mass is 19.1. The minimum atomic E-state index is -0.496. The first-order valence-corrected chi connectivity index (χ1v) is 7.21. The molecule has 5 heteroatoms. The van der Waals surface area contributed by atoms with Crippen LogP contribution in [0.25, 0.3) is 0 Å². The van der Waals surface area contributed by atoms with Gasteiger partial charge < -0.3 is 9.57 Å². The van der Waals surface area contributed by atoms with Gasteiger partial charge in [-0.1, -0.05) is 5.16 Å². The van der Waals surface area contributed by atoms with E-state index in [0.29, 0.717) is 31.8 Å². The lowest BCUT2D eigenvalue weighted by atomic mass is 9.92. The number of rotatable bonds is 6. The van der Waals surface area contributed by atoms with E-state index in [9.17, 15) is 9.18 Å². The second-order valence-electron chi connectivity index (χ2n) is 6.02. The predicted octanol–water partition coefficient (Wildman–Crippen LogP) is 3.15. The Hall–Kier alpha value is -1.91. The van der Waals surface area contributed by atoms with Gasteiger partial charge in [0.1, 0.15) is 11.4 Å². The number of hydrogen-bond donors (Lipinski definition) is 0. The molecular formula is C16H18FNO3. The third-order valence-electron chi connectivity index (χ3n) is 4.04. The summed E-state index contributed by atoms with van der Waals surface area (Å²) in [6, 6.07) is 5.12. The maximum atomic E-state index is 13.8. The molecule has 1 aliphatic heterocycles. The summed E-state index contributed by atoms with van der Waals surface area (Å²) in [5.74, 6) is 0.268. The minimum Gasteiger partial charge on any atom is -0.468 e. The van der Waals surface area contributed by atoms with E-state index >= 15 is 0 Å². The molecule has 0 radical (unpaired) electrons. The van der Waals surface area contributed by atoms with E-state index in [2.05, 4.69) is 5.16 Å². The smallest absolute Gasteiger partial charge is 0.293 e. The average molecular weight is 291 g/mol. The van der Waals surface area contributed by atoms with Gasteiger partial charge in [0.2, 0.25) is 0 Å². The second kappa shape index (κ2) is 5.47. The lowest BCUT2D eigenvalue weighted by Gasteiger charge is -2.20. The topological polar surface area (TPSA) is 47.9 Å². The first kappa shape index (κ1) is 14.0. The van der Waals surface area contributed by atoms with Crippen molar-refractivity contribution in [2.75, 3.05) is 6.61 Å². The van der Waals surface area contributed by atoms with Crippen molar-refractivity contribution in [3.8, 4) is 0 Å². The summed E-state index contributed by atoms with van der Waals surface area (Å²) < 4.78 is 18.5. The van der Waals surface area contributed by atoms with E-state index in [1.807, 2.05) is 13.0 Å². The van der Waals surface area contributed by atoms with E-state index in [0.717, 1.165) is 29.7 Å². The van der Waals surface area contributed by atoms with Gasteiger partial charge in [0.25, 0.3) is 6.47 Å². The van der Waals surface area contributed by atoms with Crippen LogP contribution in [-0.2, 0) is 14.4 Å². The van der Waals surface area contributed by atoms with Crippen molar-refractivity contribution in [2.45, 2.75) is 44.1 Å². The van der Waals surface area contributed by atoms with E-state index in [1.54, 1.807) is 6.07 Å². The van der Waals surface area contributed by atoms with Gasteiger partial charge in [-0.05, 0) is 49.4 Å². The summed E-state index contributed by atoms with van der Waals surface area (Å²) in [7, 11) is 0. The molecule has 0 N–H and O–H groups in total. The van der Waals surface area contributed by atoms with Crippen LogP contribution in [0, 0.1) is 5.82 Å². The first-order valence-electron chi connectivity index (χ1n) is 7.21. The van der Waals surface area contributed by atoms with Crippen molar-refractivity contribution in [3.05, 3.63) is 35.1 Å². The molecule has 1 unspecified atom stereocenters. The molecule has 1 heterocycles. The van der Waals surface area contributed by atoms with Gasteiger partial charge in [0.15, 0.2) is 0 Å². The molecule has 21 heavy (non-hydrogen) atoms. The van der Waals surface area contributed by atoms with Gasteiger partial charge in [-0.3, -0.25) is 4.79 Å². The number of carbonyl (C=O) groups is 1. The zero-order valence-electron chi connectivity index (χ0n) is 12.0. The fourth-order valence-electron chi connectivity index (χ4n) is 2.63. The number of halogens is 1. The van der Waals surface area contributed by atoms with Crippen LogP contribution in [0.5, 0.6) is 0 Å². The van der Waals surface area contributed by atoms with Crippen molar-refractivity contribution in [2.24, 2.45) is 5.16 Å². The number of hydrogen-bond acceptors (Lipinski definition) is 4. The average Bonchev–Trinajstić information content (AvgIpc) is 3.22. The molecule has 1 atom stereocenters. The van der Waals surface area contributed by atoms with Crippen molar-refractivity contribution >= 4 is 12.2 Å². The maximum Gasteiger partial charge on any atom is 0.293 e. The number of nitrogens with zero attached hydrogens (tertiary/aromatic N) is 1. The molecule has 1 aromatic rings. The van der Waals surface area contributed by atoms with Gasteiger partial charge in [-0.15, -0.1) is 0 Å². The molecule has 1 fully saturated rings. The normalized spacial score (nSPS) is 24.4. The number of oxime groups is 1. The van der Waals surface area contributed by atoms with Gasteiger partial charge >= 0.3 is 0 Å². The Labute approximate surface area is 122 Å². The lowest BCUT2D eigenvalue weighted by Crippen LogP contribution is -2.26. The highest BCUT2D eigenvalue weighted by Gasteiger charge is 2.35. The van der Waals surface area contributed by atoms with Crippen molar-refractivity contribution in [1.29, 1.82) is 0 Å². The van der Waals surface area contributed by atoms with E-state index < -0.39 is 5.60 Å². The Morgan fingerprint density at radius 3 is 3.00 bits per heavy atom. The van der Waals surface area contributed by atoms with Crippen LogP contribution in [-0.4, -0.2) is 24.4 Å². The molecule has 0 bridgehead atoms. The zero-order chi connectivity index (χ0) is 14.9. The summed E-state index contributed by atoms with van der Waals surface area (Å²) in [5.41, 5.74) is 2.09. The molecule has 1 saturated carbocycles. The van der Waals surface area contributed by atoms with Crippen molar-refractivity contribution in [1.82, 2.24) is 0 Å². The molecule has 3 rings (SSSR count). The summed E-state index contributed by atoms with van der Waals surface area (Å²) in [5, 5.41) is 4.11. The first-order chi connectivity index (χ1) is 10.1. The maximum absolute atomic E-state index is 13.8. The Bertz CT molecular complexity index is 583. The molecule has 0 saturated heterocycles. The van der Waals surface area contributed by atoms with Crippen LogP contribution in [0.1, 0.15) is 49.7 Å². The summed E-state index contributed by atoms with van der Waals surface area (Å²) in [4.78, 5) is 15.7. The second-order valence-corrected chi connectivity index (χ2v) is 6.02. The molecule has 0 aromatic heterocycles. The van der Waals surface area contributed by atoms with Crippen LogP contribution in [0.15, 0.2) is 23.4 Å². The molecule has 1 aliphatic carbocycles. The molecule has 112 valence electrons. The standard InChI is InChI=1S/C16H18FNO3/c1-16(4-5-20-10-19)9-15(18-21-16)13-6-12(11-2-3-11)7-14(17)8-13/h6-8,10-11H,2-5,9H2,1H3. The highest BCUT2D eigenvalue weighted by molar-refractivity contribution is 6.01. The van der Waals surface area contributed by atoms with Crippen molar-refractivity contribution < 1.29 is 18.8 Å². The van der Waals surface area contributed by atoms with E-state index in [1.165, 1.54) is 6.07 Å². The van der Waals surface area contributed by atoms with Crippen LogP contribution in [0.4, 0.5) is 4.39 Å². The third kappa shape index (κ3) is 3.23. The van der Waals surface area contributed by atoms with E-state index in [4.69, 9.17) is 9.57 Å². The van der Waals surface area contributed by atoms with Gasteiger partial charge in [0, 0.05) is 18.4 Å². The SMILES string of the molecule is CC1(CCOC=O)CC(c2cc(F)cc(C3CC3)c2)=NO1. The van der Waals surface area contributed by atoms with Crippen LogP contribution < -0.4 is 0 Å². The molecular weight excluding hydrogens is 273 g/mol. The third-order valence-corrected chi connectivity index (χ3v) is 4.04. The quantitative estimate of drug-likeness (QED) is 0.597. The Kier molecular flexibility index (Phi) is 3.66. The van der Waals surface area contributed by atoms with Gasteiger partial charge in [-0.25, -0.2) is 4.39 Å². The van der Waals surface area contributed by atoms with Gasteiger partial charge in [0.05, 0.1) is 12.3 Å². The fraction of sp³-hybridized carbons (Fsp3) is 0.500. The molecule has 1 aromatic carbocycles. The van der Waals surface area contributed by atoms with Crippen LogP contribution in [0.2, 0.25) is 0 Å². The predicted molar refractivity (Wildman–Crippen MR) is 75.7 cm³/mol. The summed E-state index contributed by atoms with van der Waals surface area (Å²) >= 11 is 0. The zero-order valence-corrected chi connectivity index (χ0v) is 12.0. The molecule has 0 spiro atoms.